The molecule has 0 aliphatic carbocycles. The number of nitrogens with one attached hydrogen (secondary N) is 1. The molecule has 0 saturated heterocycles. The standard InChI is InChI=1S/C40H74N2O19/c1-46-8-9-48-12-13-50-16-17-52-20-21-54-24-25-56-28-29-58-32-33-60-36-37-61-35-34-59-31-30-57-27-26-55-23-22-53-19-18-51-15-14-49-11-10-47-7-5-41-38(43)4-6-42-39(44)2-3-40(42)45/h2-3H,4-37H2,1H3,(H,41,43). The minimum Gasteiger partial charge on any atom is -0.382 e. The number of rotatable bonds is 51. The summed E-state index contributed by atoms with van der Waals surface area (Å²) in [6.45, 7) is 15.3. The van der Waals surface area contributed by atoms with Gasteiger partial charge < -0.3 is 81.1 Å². The molecule has 1 N–H and O–H groups in total. The van der Waals surface area contributed by atoms with Crippen LogP contribution in [0.3, 0.4) is 0 Å². The molecule has 0 aromatic rings. The molecule has 1 aliphatic heterocycles. The summed E-state index contributed by atoms with van der Waals surface area (Å²) >= 11 is 0. The van der Waals surface area contributed by atoms with Crippen molar-refractivity contribution in [2.75, 3.05) is 225 Å². The van der Waals surface area contributed by atoms with Crippen LogP contribution in [-0.4, -0.2) is 248 Å². The van der Waals surface area contributed by atoms with Crippen LogP contribution in [0.25, 0.3) is 0 Å². The number of hydrogen-bond acceptors (Lipinski definition) is 19. The van der Waals surface area contributed by atoms with Crippen LogP contribution in [0.1, 0.15) is 6.42 Å². The number of ether oxygens (including phenoxy) is 16. The Balaban J connectivity index is 1.62. The number of methoxy groups -OCH3 is 1. The van der Waals surface area contributed by atoms with E-state index >= 15 is 0 Å². The molecule has 3 amide bonds. The minimum absolute atomic E-state index is 0.0489. The maximum Gasteiger partial charge on any atom is 0.253 e. The zero-order valence-electron chi connectivity index (χ0n) is 36.4. The van der Waals surface area contributed by atoms with Gasteiger partial charge in [0.25, 0.3) is 11.8 Å². The monoisotopic (exact) mass is 886 g/mol. The Labute approximate surface area is 361 Å². The number of hydrogen-bond donors (Lipinski definition) is 1. The fourth-order valence-electron chi connectivity index (χ4n) is 4.54. The van der Waals surface area contributed by atoms with Gasteiger partial charge in [0.2, 0.25) is 5.91 Å². The van der Waals surface area contributed by atoms with E-state index in [0.29, 0.717) is 211 Å². The van der Waals surface area contributed by atoms with Crippen LogP contribution < -0.4 is 5.32 Å². The third-order valence-corrected chi connectivity index (χ3v) is 7.67. The minimum atomic E-state index is -0.399. The first-order valence-electron chi connectivity index (χ1n) is 21.1. The zero-order chi connectivity index (χ0) is 43.8. The van der Waals surface area contributed by atoms with Crippen LogP contribution in [0.2, 0.25) is 0 Å². The Morgan fingerprint density at radius 3 is 0.820 bits per heavy atom. The molecular weight excluding hydrogens is 812 g/mol. The largest absolute Gasteiger partial charge is 0.382 e. The van der Waals surface area contributed by atoms with Gasteiger partial charge in [-0.25, -0.2) is 0 Å². The molecule has 0 unspecified atom stereocenters. The van der Waals surface area contributed by atoms with Crippen LogP contribution >= 0.6 is 0 Å². The average molecular weight is 887 g/mol. The number of imide groups is 1. The highest BCUT2D eigenvalue weighted by atomic mass is 16.6. The molecule has 358 valence electrons. The van der Waals surface area contributed by atoms with Gasteiger partial charge in [0.1, 0.15) is 0 Å². The van der Waals surface area contributed by atoms with Crippen LogP contribution in [0.5, 0.6) is 0 Å². The number of carbonyl (C=O) groups excluding carboxylic acids is 3. The van der Waals surface area contributed by atoms with E-state index in [-0.39, 0.29) is 18.9 Å². The summed E-state index contributed by atoms with van der Waals surface area (Å²) < 4.78 is 86.7. The second-order valence-corrected chi connectivity index (χ2v) is 12.4. The van der Waals surface area contributed by atoms with Gasteiger partial charge in [-0.2, -0.15) is 0 Å². The molecular formula is C40H74N2O19. The van der Waals surface area contributed by atoms with Crippen molar-refractivity contribution in [3.05, 3.63) is 12.2 Å². The first-order valence-corrected chi connectivity index (χ1v) is 21.1. The lowest BCUT2D eigenvalue weighted by Gasteiger charge is -2.13. The van der Waals surface area contributed by atoms with Crippen molar-refractivity contribution in [2.24, 2.45) is 0 Å². The maximum absolute atomic E-state index is 11.8. The van der Waals surface area contributed by atoms with E-state index in [4.69, 9.17) is 75.8 Å². The van der Waals surface area contributed by atoms with Gasteiger partial charge in [-0.05, 0) is 0 Å². The molecule has 1 heterocycles. The molecule has 0 fully saturated rings. The lowest BCUT2D eigenvalue weighted by Crippen LogP contribution is -2.35. The highest BCUT2D eigenvalue weighted by Crippen LogP contribution is 2.04. The first-order chi connectivity index (χ1) is 30.1. The fourth-order valence-corrected chi connectivity index (χ4v) is 4.54. The summed E-state index contributed by atoms with van der Waals surface area (Å²) in [6.07, 6.45) is 2.43. The summed E-state index contributed by atoms with van der Waals surface area (Å²) in [5.74, 6) is -1.05. The van der Waals surface area contributed by atoms with Crippen molar-refractivity contribution in [3.63, 3.8) is 0 Å². The first kappa shape index (κ1) is 56.7. The topological polar surface area (TPSA) is 214 Å². The zero-order valence-corrected chi connectivity index (χ0v) is 36.4. The van der Waals surface area contributed by atoms with Crippen LogP contribution in [0.15, 0.2) is 12.2 Å². The summed E-state index contributed by atoms with van der Waals surface area (Å²) in [4.78, 5) is 35.8. The van der Waals surface area contributed by atoms with Crippen molar-refractivity contribution in [1.29, 1.82) is 0 Å². The second kappa shape index (κ2) is 47.2. The van der Waals surface area contributed by atoms with E-state index < -0.39 is 11.8 Å². The van der Waals surface area contributed by atoms with Crippen molar-refractivity contribution in [1.82, 2.24) is 10.2 Å². The Morgan fingerprint density at radius 2 is 0.590 bits per heavy atom. The molecule has 1 rings (SSSR count). The van der Waals surface area contributed by atoms with Crippen molar-refractivity contribution in [3.8, 4) is 0 Å². The Hall–Kier alpha value is -2.29. The SMILES string of the molecule is COCCOCCOCCOCCOCCOCCOCCOCCOCCOCCOCCOCCOCCOCCOCCOCCNC(=O)CCN1C(=O)C=CC1=O. The Morgan fingerprint density at radius 1 is 0.377 bits per heavy atom. The van der Waals surface area contributed by atoms with Crippen molar-refractivity contribution < 1.29 is 90.2 Å². The molecule has 0 radical (unpaired) electrons. The maximum atomic E-state index is 11.8. The van der Waals surface area contributed by atoms with Gasteiger partial charge in [0.05, 0.1) is 205 Å². The van der Waals surface area contributed by atoms with Gasteiger partial charge in [-0.15, -0.1) is 0 Å². The van der Waals surface area contributed by atoms with E-state index in [1.54, 1.807) is 7.11 Å². The van der Waals surface area contributed by atoms with Crippen molar-refractivity contribution >= 4 is 17.7 Å². The molecule has 1 aliphatic rings. The number of nitrogens with zero attached hydrogens (tertiary/aromatic N) is 1. The van der Waals surface area contributed by atoms with Gasteiger partial charge in [-0.1, -0.05) is 0 Å². The summed E-state index contributed by atoms with van der Waals surface area (Å²) in [6, 6.07) is 0. The lowest BCUT2D eigenvalue weighted by atomic mass is 10.3. The summed E-state index contributed by atoms with van der Waals surface area (Å²) in [7, 11) is 1.64. The smallest absolute Gasteiger partial charge is 0.253 e. The lowest BCUT2D eigenvalue weighted by molar-refractivity contribution is -0.137. The third kappa shape index (κ3) is 41.5. The van der Waals surface area contributed by atoms with Gasteiger partial charge >= 0.3 is 0 Å². The molecule has 0 atom stereocenters. The third-order valence-electron chi connectivity index (χ3n) is 7.67. The van der Waals surface area contributed by atoms with Crippen LogP contribution in [0.4, 0.5) is 0 Å². The number of amides is 3. The van der Waals surface area contributed by atoms with Gasteiger partial charge in [-0.3, -0.25) is 19.3 Å². The van der Waals surface area contributed by atoms with Crippen LogP contribution in [-0.2, 0) is 90.2 Å². The van der Waals surface area contributed by atoms with Gasteiger partial charge in [0.15, 0.2) is 0 Å². The van der Waals surface area contributed by atoms with Crippen molar-refractivity contribution in [2.45, 2.75) is 6.42 Å². The van der Waals surface area contributed by atoms with E-state index in [0.717, 1.165) is 4.90 Å². The Bertz CT molecular complexity index is 997. The molecule has 0 bridgehead atoms. The quantitative estimate of drug-likeness (QED) is 0.0592. The number of carbonyl (C=O) groups is 3. The summed E-state index contributed by atoms with van der Waals surface area (Å²) in [5, 5.41) is 2.68. The molecule has 0 aromatic heterocycles. The van der Waals surface area contributed by atoms with E-state index in [1.807, 2.05) is 0 Å². The Kier molecular flexibility index (Phi) is 43.9. The second-order valence-electron chi connectivity index (χ2n) is 12.4. The molecule has 0 saturated carbocycles. The van der Waals surface area contributed by atoms with E-state index in [2.05, 4.69) is 5.32 Å². The molecule has 0 spiro atoms. The van der Waals surface area contributed by atoms with E-state index in [1.165, 1.54) is 12.2 Å². The summed E-state index contributed by atoms with van der Waals surface area (Å²) in [5.41, 5.74) is 0. The van der Waals surface area contributed by atoms with Gasteiger partial charge in [0, 0.05) is 38.8 Å². The molecule has 61 heavy (non-hydrogen) atoms. The molecule has 0 aromatic carbocycles. The predicted molar refractivity (Wildman–Crippen MR) is 218 cm³/mol. The predicted octanol–water partition coefficient (Wildman–Crippen LogP) is -0.687. The van der Waals surface area contributed by atoms with Crippen LogP contribution in [0, 0.1) is 0 Å². The normalized spacial score (nSPS) is 12.7. The average Bonchev–Trinajstić information content (AvgIpc) is 3.59. The van der Waals surface area contributed by atoms with E-state index in [9.17, 15) is 14.4 Å². The molecule has 21 heteroatoms. The highest BCUT2D eigenvalue weighted by Gasteiger charge is 2.23. The highest BCUT2D eigenvalue weighted by molar-refractivity contribution is 6.13. The molecule has 21 nitrogen and oxygen atoms in total. The fraction of sp³-hybridized carbons (Fsp3) is 0.875.